The summed E-state index contributed by atoms with van der Waals surface area (Å²) in [5, 5.41) is 6.79. The van der Waals surface area contributed by atoms with Crippen molar-refractivity contribution in [3.05, 3.63) is 40.5 Å². The Labute approximate surface area is 162 Å². The van der Waals surface area contributed by atoms with Crippen LogP contribution in [0.2, 0.25) is 0 Å². The summed E-state index contributed by atoms with van der Waals surface area (Å²) in [5.74, 6) is -0.601. The molecule has 1 amide bonds. The number of nitrogens with zero attached hydrogens (tertiary/aromatic N) is 4. The largest absolute Gasteiger partial charge is 0.275 e. The number of aromatic nitrogens is 3. The van der Waals surface area contributed by atoms with E-state index in [1.165, 1.54) is 13.1 Å². The predicted molar refractivity (Wildman–Crippen MR) is 106 cm³/mol. The van der Waals surface area contributed by atoms with E-state index in [2.05, 4.69) is 10.1 Å². The van der Waals surface area contributed by atoms with Crippen molar-refractivity contribution in [3.8, 4) is 0 Å². The summed E-state index contributed by atoms with van der Waals surface area (Å²) in [5.41, 5.74) is 1.79. The Morgan fingerprint density at radius 1 is 1.26 bits per heavy atom. The molecule has 3 rings (SSSR count). The van der Waals surface area contributed by atoms with Gasteiger partial charge in [0.2, 0.25) is 0 Å². The summed E-state index contributed by atoms with van der Waals surface area (Å²) in [4.78, 5) is 17.7. The maximum atomic E-state index is 13.2. The molecule has 0 N–H and O–H groups in total. The van der Waals surface area contributed by atoms with Gasteiger partial charge in [0.15, 0.2) is 5.65 Å². The van der Waals surface area contributed by atoms with Crippen molar-refractivity contribution in [1.29, 1.82) is 0 Å². The van der Waals surface area contributed by atoms with E-state index in [9.17, 15) is 13.2 Å². The summed E-state index contributed by atoms with van der Waals surface area (Å²) < 4.78 is 28.2. The van der Waals surface area contributed by atoms with Crippen LogP contribution in [0.5, 0.6) is 0 Å². The Morgan fingerprint density at radius 2 is 1.93 bits per heavy atom. The zero-order chi connectivity index (χ0) is 20.1. The number of sulfonamides is 1. The van der Waals surface area contributed by atoms with E-state index < -0.39 is 15.9 Å². The monoisotopic (exact) mass is 406 g/mol. The van der Waals surface area contributed by atoms with Gasteiger partial charge in [0.25, 0.3) is 15.9 Å². The summed E-state index contributed by atoms with van der Waals surface area (Å²) >= 11 is 1.08. The van der Waals surface area contributed by atoms with Crippen LogP contribution in [0.4, 0.5) is 0 Å². The highest BCUT2D eigenvalue weighted by atomic mass is 32.2. The molecule has 3 aromatic rings. The molecule has 0 aliphatic heterocycles. The number of amides is 1. The number of hydrogen-bond donors (Lipinski definition) is 0. The third kappa shape index (κ3) is 3.25. The van der Waals surface area contributed by atoms with Gasteiger partial charge in [-0.15, -0.1) is 11.3 Å². The van der Waals surface area contributed by atoms with Gasteiger partial charge in [0.05, 0.1) is 22.2 Å². The first-order valence-electron chi connectivity index (χ1n) is 8.39. The van der Waals surface area contributed by atoms with Gasteiger partial charge >= 0.3 is 0 Å². The van der Waals surface area contributed by atoms with Gasteiger partial charge in [0, 0.05) is 12.7 Å². The topological polar surface area (TPSA) is 85.2 Å². The summed E-state index contributed by atoms with van der Waals surface area (Å²) in [6.07, 6.45) is 0. The van der Waals surface area contributed by atoms with Crippen LogP contribution < -0.4 is 0 Å². The quantitative estimate of drug-likeness (QED) is 0.666. The van der Waals surface area contributed by atoms with Crippen LogP contribution in [0.3, 0.4) is 0 Å². The van der Waals surface area contributed by atoms with Crippen LogP contribution in [-0.4, -0.2) is 40.4 Å². The maximum absolute atomic E-state index is 13.2. The molecule has 0 aliphatic rings. The van der Waals surface area contributed by atoms with Gasteiger partial charge in [0.1, 0.15) is 4.21 Å². The molecule has 3 heterocycles. The molecule has 0 fully saturated rings. The molecular weight excluding hydrogens is 384 g/mol. The number of carbonyl (C=O) groups excluding carboxylic acids is 1. The van der Waals surface area contributed by atoms with Crippen molar-refractivity contribution in [2.75, 3.05) is 7.05 Å². The molecular formula is C18H22N4O3S2. The molecule has 0 aliphatic carbocycles. The van der Waals surface area contributed by atoms with E-state index in [4.69, 9.17) is 0 Å². The second kappa shape index (κ2) is 6.42. The Hall–Kier alpha value is -2.26. The van der Waals surface area contributed by atoms with Crippen molar-refractivity contribution < 1.29 is 13.2 Å². The molecule has 3 aromatic heterocycles. The van der Waals surface area contributed by atoms with Crippen molar-refractivity contribution >= 4 is 38.3 Å². The summed E-state index contributed by atoms with van der Waals surface area (Å²) in [6.45, 7) is 9.57. The highest BCUT2D eigenvalue weighted by molar-refractivity contribution is 7.91. The highest BCUT2D eigenvalue weighted by Gasteiger charge is 2.31. The van der Waals surface area contributed by atoms with Crippen LogP contribution >= 0.6 is 11.3 Å². The number of rotatable bonds is 3. The molecule has 9 heteroatoms. The van der Waals surface area contributed by atoms with E-state index >= 15 is 0 Å². The maximum Gasteiger partial charge on any atom is 0.275 e. The fourth-order valence-corrected chi connectivity index (χ4v) is 5.15. The number of pyridine rings is 1. The minimum absolute atomic E-state index is 0.127. The fraction of sp³-hybridized carbons (Fsp3) is 0.389. The SMILES string of the molecule is Cc1cc(C(=O)N(C)S(=O)(=O)c2cccs2)c2c(C)nn(C(C)(C)C)c2n1. The van der Waals surface area contributed by atoms with E-state index in [0.717, 1.165) is 15.6 Å². The van der Waals surface area contributed by atoms with E-state index in [1.54, 1.807) is 36.0 Å². The predicted octanol–water partition coefficient (Wildman–Crippen LogP) is 3.33. The number of carbonyl (C=O) groups is 1. The van der Waals surface area contributed by atoms with E-state index in [-0.39, 0.29) is 15.3 Å². The lowest BCUT2D eigenvalue weighted by Gasteiger charge is -2.20. The number of thiophene rings is 1. The zero-order valence-electron chi connectivity index (χ0n) is 16.1. The fourth-order valence-electron chi connectivity index (χ4n) is 2.87. The van der Waals surface area contributed by atoms with E-state index in [1.807, 2.05) is 20.8 Å². The molecule has 144 valence electrons. The molecule has 0 saturated carbocycles. The first-order valence-corrected chi connectivity index (χ1v) is 10.7. The van der Waals surface area contributed by atoms with E-state index in [0.29, 0.717) is 22.4 Å². The first kappa shape index (κ1) is 19.5. The zero-order valence-corrected chi connectivity index (χ0v) is 17.8. The van der Waals surface area contributed by atoms with Gasteiger partial charge in [-0.1, -0.05) is 6.07 Å². The molecule has 0 atom stereocenters. The number of aryl methyl sites for hydroxylation is 2. The van der Waals surface area contributed by atoms with Crippen LogP contribution in [0.1, 0.15) is 42.5 Å². The highest BCUT2D eigenvalue weighted by Crippen LogP contribution is 2.29. The van der Waals surface area contributed by atoms with Crippen LogP contribution in [0.25, 0.3) is 11.0 Å². The van der Waals surface area contributed by atoms with Crippen molar-refractivity contribution in [2.24, 2.45) is 0 Å². The minimum atomic E-state index is -3.90. The third-order valence-electron chi connectivity index (χ3n) is 4.20. The second-order valence-electron chi connectivity index (χ2n) is 7.39. The normalized spacial score (nSPS) is 12.5. The summed E-state index contributed by atoms with van der Waals surface area (Å²) in [6, 6.07) is 4.75. The Morgan fingerprint density at radius 3 is 2.48 bits per heavy atom. The van der Waals surface area contributed by atoms with Gasteiger partial charge < -0.3 is 0 Å². The summed E-state index contributed by atoms with van der Waals surface area (Å²) in [7, 11) is -2.62. The first-order chi connectivity index (χ1) is 12.4. The molecule has 27 heavy (non-hydrogen) atoms. The molecule has 0 radical (unpaired) electrons. The van der Waals surface area contributed by atoms with Gasteiger partial charge in [-0.25, -0.2) is 22.4 Å². The number of hydrogen-bond acceptors (Lipinski definition) is 6. The average molecular weight is 407 g/mol. The Kier molecular flexibility index (Phi) is 4.63. The lowest BCUT2D eigenvalue weighted by atomic mass is 10.1. The van der Waals surface area contributed by atoms with Crippen LogP contribution in [-0.2, 0) is 15.6 Å². The van der Waals surface area contributed by atoms with Crippen LogP contribution in [0.15, 0.2) is 27.8 Å². The Bertz CT molecular complexity index is 1120. The number of fused-ring (bicyclic) bond motifs is 1. The molecule has 7 nitrogen and oxygen atoms in total. The molecule has 0 aromatic carbocycles. The lowest BCUT2D eigenvalue weighted by Crippen LogP contribution is -2.33. The van der Waals surface area contributed by atoms with Gasteiger partial charge in [-0.3, -0.25) is 4.79 Å². The minimum Gasteiger partial charge on any atom is -0.268 e. The van der Waals surface area contributed by atoms with Crippen LogP contribution in [0, 0.1) is 13.8 Å². The Balaban J connectivity index is 2.20. The van der Waals surface area contributed by atoms with Gasteiger partial charge in [-0.2, -0.15) is 5.10 Å². The second-order valence-corrected chi connectivity index (χ2v) is 10.5. The van der Waals surface area contributed by atoms with Gasteiger partial charge in [-0.05, 0) is 52.1 Å². The lowest BCUT2D eigenvalue weighted by molar-refractivity contribution is 0.0884. The molecule has 0 spiro atoms. The molecule has 0 unspecified atom stereocenters. The van der Waals surface area contributed by atoms with Crippen molar-refractivity contribution in [3.63, 3.8) is 0 Å². The standard InChI is InChI=1S/C18H22N4O3S2/c1-11-10-13(15-12(2)20-22(16(15)19-11)18(3,4)5)17(23)21(6)27(24,25)14-8-7-9-26-14/h7-10H,1-6H3. The van der Waals surface area contributed by atoms with Crippen molar-refractivity contribution in [2.45, 2.75) is 44.4 Å². The van der Waals surface area contributed by atoms with Crippen molar-refractivity contribution in [1.82, 2.24) is 19.1 Å². The molecule has 0 saturated heterocycles. The third-order valence-corrected chi connectivity index (χ3v) is 7.32. The molecule has 0 bridgehead atoms. The average Bonchev–Trinajstić information content (AvgIpc) is 3.21. The smallest absolute Gasteiger partial charge is 0.268 e.